The molecule has 0 heterocycles. The number of carbonyl (C=O) groups excluding carboxylic acids is 1. The first-order valence-electron chi connectivity index (χ1n) is 3.83. The number of hydrogen-bond donors (Lipinski definition) is 0. The van der Waals surface area contributed by atoms with Crippen LogP contribution in [-0.2, 0) is 4.79 Å². The van der Waals surface area contributed by atoms with Crippen LogP contribution in [0.15, 0.2) is 0 Å². The standard InChI is InChI=1S/C9H12O/c1-2-8-6-4-3-5-7-9(8)10/h1,8H,3-7H2. The molecule has 54 valence electrons. The van der Waals surface area contributed by atoms with Gasteiger partial charge < -0.3 is 0 Å². The molecular weight excluding hydrogens is 124 g/mol. The molecule has 0 spiro atoms. The van der Waals surface area contributed by atoms with Gasteiger partial charge in [-0.2, -0.15) is 0 Å². The molecule has 0 saturated heterocycles. The van der Waals surface area contributed by atoms with Crippen LogP contribution >= 0.6 is 0 Å². The molecule has 0 aliphatic heterocycles. The topological polar surface area (TPSA) is 17.1 Å². The minimum absolute atomic E-state index is 0.0671. The van der Waals surface area contributed by atoms with Crippen molar-refractivity contribution in [1.82, 2.24) is 0 Å². The minimum atomic E-state index is -0.0671. The molecule has 0 aromatic heterocycles. The number of carbonyl (C=O) groups is 1. The highest BCUT2D eigenvalue weighted by Gasteiger charge is 2.17. The van der Waals surface area contributed by atoms with Crippen molar-refractivity contribution in [1.29, 1.82) is 0 Å². The van der Waals surface area contributed by atoms with Gasteiger partial charge in [-0.05, 0) is 12.8 Å². The van der Waals surface area contributed by atoms with E-state index in [0.29, 0.717) is 6.42 Å². The van der Waals surface area contributed by atoms with Gasteiger partial charge in [-0.15, -0.1) is 6.42 Å². The summed E-state index contributed by atoms with van der Waals surface area (Å²) >= 11 is 0. The first-order valence-corrected chi connectivity index (χ1v) is 3.83. The monoisotopic (exact) mass is 136 g/mol. The third-order valence-corrected chi connectivity index (χ3v) is 2.01. The van der Waals surface area contributed by atoms with E-state index >= 15 is 0 Å². The van der Waals surface area contributed by atoms with E-state index in [2.05, 4.69) is 5.92 Å². The van der Waals surface area contributed by atoms with E-state index in [1.165, 1.54) is 6.42 Å². The van der Waals surface area contributed by atoms with E-state index in [9.17, 15) is 4.79 Å². The Balaban J connectivity index is 2.54. The molecule has 1 fully saturated rings. The molecule has 0 aromatic rings. The number of terminal acetylenes is 1. The maximum absolute atomic E-state index is 11.1. The van der Waals surface area contributed by atoms with Gasteiger partial charge >= 0.3 is 0 Å². The largest absolute Gasteiger partial charge is 0.298 e. The molecule has 1 rings (SSSR count). The average molecular weight is 136 g/mol. The second kappa shape index (κ2) is 3.41. The number of hydrogen-bond acceptors (Lipinski definition) is 1. The summed E-state index contributed by atoms with van der Waals surface area (Å²) in [5.74, 6) is 2.75. The van der Waals surface area contributed by atoms with Gasteiger partial charge in [-0.25, -0.2) is 0 Å². The fourth-order valence-corrected chi connectivity index (χ4v) is 1.34. The number of rotatable bonds is 0. The Morgan fingerprint density at radius 2 is 2.20 bits per heavy atom. The summed E-state index contributed by atoms with van der Waals surface area (Å²) in [6, 6.07) is 0. The van der Waals surface area contributed by atoms with Crippen molar-refractivity contribution in [3.8, 4) is 12.3 Å². The van der Waals surface area contributed by atoms with Gasteiger partial charge in [0.25, 0.3) is 0 Å². The Labute approximate surface area is 61.8 Å². The zero-order valence-corrected chi connectivity index (χ0v) is 6.10. The second-order valence-electron chi connectivity index (χ2n) is 2.78. The molecule has 1 aliphatic rings. The van der Waals surface area contributed by atoms with Gasteiger partial charge in [-0.3, -0.25) is 4.79 Å². The summed E-state index contributed by atoms with van der Waals surface area (Å²) in [5.41, 5.74) is 0. The van der Waals surface area contributed by atoms with Crippen LogP contribution < -0.4 is 0 Å². The van der Waals surface area contributed by atoms with Crippen molar-refractivity contribution in [2.75, 3.05) is 0 Å². The van der Waals surface area contributed by atoms with Crippen LogP contribution in [0.3, 0.4) is 0 Å². The molecule has 10 heavy (non-hydrogen) atoms. The highest BCUT2D eigenvalue weighted by Crippen LogP contribution is 2.18. The van der Waals surface area contributed by atoms with Gasteiger partial charge in [0, 0.05) is 6.42 Å². The molecule has 0 aromatic carbocycles. The molecule has 1 nitrogen and oxygen atoms in total. The Kier molecular flexibility index (Phi) is 2.50. The molecule has 1 unspecified atom stereocenters. The lowest BCUT2D eigenvalue weighted by Crippen LogP contribution is -2.09. The maximum atomic E-state index is 11.1. The zero-order valence-electron chi connectivity index (χ0n) is 6.10. The highest BCUT2D eigenvalue weighted by atomic mass is 16.1. The highest BCUT2D eigenvalue weighted by molar-refractivity contribution is 5.83. The fourth-order valence-electron chi connectivity index (χ4n) is 1.34. The van der Waals surface area contributed by atoms with E-state index in [-0.39, 0.29) is 11.7 Å². The molecule has 1 saturated carbocycles. The number of ketones is 1. The summed E-state index contributed by atoms with van der Waals surface area (Å²) < 4.78 is 0. The van der Waals surface area contributed by atoms with Crippen molar-refractivity contribution in [3.63, 3.8) is 0 Å². The number of Topliss-reactive ketones (excluding diaryl/α,β-unsaturated/α-hetero) is 1. The van der Waals surface area contributed by atoms with Crippen LogP contribution in [-0.4, -0.2) is 5.78 Å². The second-order valence-corrected chi connectivity index (χ2v) is 2.78. The van der Waals surface area contributed by atoms with Gasteiger partial charge in [-0.1, -0.05) is 18.8 Å². The maximum Gasteiger partial charge on any atom is 0.147 e. The lowest BCUT2D eigenvalue weighted by Gasteiger charge is -2.01. The summed E-state index contributed by atoms with van der Waals surface area (Å²) in [4.78, 5) is 11.1. The third kappa shape index (κ3) is 1.60. The van der Waals surface area contributed by atoms with Crippen LogP contribution in [0.1, 0.15) is 32.1 Å². The first kappa shape index (κ1) is 7.34. The van der Waals surface area contributed by atoms with Crippen molar-refractivity contribution < 1.29 is 4.79 Å². The van der Waals surface area contributed by atoms with E-state index in [4.69, 9.17) is 6.42 Å². The molecule has 0 amide bonds. The van der Waals surface area contributed by atoms with Crippen molar-refractivity contribution >= 4 is 5.78 Å². The van der Waals surface area contributed by atoms with E-state index in [1.54, 1.807) is 0 Å². The van der Waals surface area contributed by atoms with Crippen molar-refractivity contribution in [3.05, 3.63) is 0 Å². The summed E-state index contributed by atoms with van der Waals surface area (Å²) in [5, 5.41) is 0. The van der Waals surface area contributed by atoms with E-state index < -0.39 is 0 Å². The quantitative estimate of drug-likeness (QED) is 0.366. The van der Waals surface area contributed by atoms with Crippen LogP contribution in [0, 0.1) is 18.3 Å². The molecule has 0 radical (unpaired) electrons. The molecule has 0 bridgehead atoms. The normalized spacial score (nSPS) is 27.1. The summed E-state index contributed by atoms with van der Waals surface area (Å²) in [7, 11) is 0. The molecule has 0 N–H and O–H groups in total. The van der Waals surface area contributed by atoms with Crippen molar-refractivity contribution in [2.24, 2.45) is 5.92 Å². The van der Waals surface area contributed by atoms with Crippen LogP contribution in [0.2, 0.25) is 0 Å². The van der Waals surface area contributed by atoms with Crippen LogP contribution in [0.5, 0.6) is 0 Å². The minimum Gasteiger partial charge on any atom is -0.298 e. The van der Waals surface area contributed by atoms with Gasteiger partial charge in [0.05, 0.1) is 5.92 Å². The predicted molar refractivity (Wildman–Crippen MR) is 40.4 cm³/mol. The Morgan fingerprint density at radius 3 is 2.90 bits per heavy atom. The van der Waals surface area contributed by atoms with Crippen LogP contribution in [0.4, 0.5) is 0 Å². The van der Waals surface area contributed by atoms with E-state index in [1.807, 2.05) is 0 Å². The van der Waals surface area contributed by atoms with Gasteiger partial charge in [0.15, 0.2) is 0 Å². The Hall–Kier alpha value is -0.770. The lowest BCUT2D eigenvalue weighted by atomic mass is 10.0. The average Bonchev–Trinajstić information content (AvgIpc) is 2.13. The first-order chi connectivity index (χ1) is 4.84. The summed E-state index contributed by atoms with van der Waals surface area (Å²) in [6.45, 7) is 0. The van der Waals surface area contributed by atoms with Crippen molar-refractivity contribution in [2.45, 2.75) is 32.1 Å². The Morgan fingerprint density at radius 1 is 1.40 bits per heavy atom. The summed E-state index contributed by atoms with van der Waals surface area (Å²) in [6.07, 6.45) is 10.1. The molecular formula is C9H12O. The van der Waals surface area contributed by atoms with Gasteiger partial charge in [0.1, 0.15) is 5.78 Å². The zero-order chi connectivity index (χ0) is 7.40. The lowest BCUT2D eigenvalue weighted by molar-refractivity contribution is -0.121. The smallest absolute Gasteiger partial charge is 0.147 e. The third-order valence-electron chi connectivity index (χ3n) is 2.01. The molecule has 1 aliphatic carbocycles. The Bertz CT molecular complexity index is 164. The predicted octanol–water partition coefficient (Wildman–Crippen LogP) is 1.77. The fraction of sp³-hybridized carbons (Fsp3) is 0.667. The van der Waals surface area contributed by atoms with Crippen LogP contribution in [0.25, 0.3) is 0 Å². The molecule has 1 heteroatoms. The van der Waals surface area contributed by atoms with Gasteiger partial charge in [0.2, 0.25) is 0 Å². The van der Waals surface area contributed by atoms with E-state index in [0.717, 1.165) is 19.3 Å². The SMILES string of the molecule is C#CC1CCCCCC1=O. The molecule has 1 atom stereocenters.